The molecule has 0 aliphatic carbocycles. The fraction of sp³-hybridized carbons (Fsp3) is 0.154. The van der Waals surface area contributed by atoms with Crippen LogP contribution in [-0.4, -0.2) is 23.1 Å². The van der Waals surface area contributed by atoms with E-state index < -0.39 is 17.0 Å². The van der Waals surface area contributed by atoms with Crippen molar-refractivity contribution < 1.29 is 13.9 Å². The molecule has 0 saturated heterocycles. The van der Waals surface area contributed by atoms with Crippen molar-refractivity contribution in [2.75, 3.05) is 7.11 Å². The van der Waals surface area contributed by atoms with E-state index in [-0.39, 0.29) is 22.7 Å². The fourth-order valence-electron chi connectivity index (χ4n) is 1.74. The first-order valence-corrected chi connectivity index (χ1v) is 6.66. The molecule has 0 atom stereocenters. The number of hydrogen-bond acceptors (Lipinski definition) is 4. The number of benzene rings is 1. The SMILES string of the molecule is COc1c(-c2ccc(I)cc2F)[nH]nc(C(C)=O)c1=O. The molecule has 0 radical (unpaired) electrons. The van der Waals surface area contributed by atoms with Crippen molar-refractivity contribution in [3.63, 3.8) is 0 Å². The molecular weight excluding hydrogens is 378 g/mol. The number of carbonyl (C=O) groups is 1. The number of ketones is 1. The Kier molecular flexibility index (Phi) is 4.17. The molecule has 0 amide bonds. The molecule has 0 spiro atoms. The molecule has 20 heavy (non-hydrogen) atoms. The lowest BCUT2D eigenvalue weighted by Gasteiger charge is -2.09. The van der Waals surface area contributed by atoms with E-state index in [1.807, 2.05) is 22.6 Å². The molecule has 2 aromatic rings. The molecule has 0 saturated carbocycles. The van der Waals surface area contributed by atoms with E-state index in [1.54, 1.807) is 6.07 Å². The lowest BCUT2D eigenvalue weighted by atomic mass is 10.1. The van der Waals surface area contributed by atoms with E-state index in [2.05, 4.69) is 10.2 Å². The minimum Gasteiger partial charge on any atom is -0.491 e. The average Bonchev–Trinajstić information content (AvgIpc) is 2.38. The topological polar surface area (TPSA) is 72.0 Å². The predicted octanol–water partition coefficient (Wildman–Crippen LogP) is 2.39. The van der Waals surface area contributed by atoms with Crippen LogP contribution in [0.1, 0.15) is 17.4 Å². The third kappa shape index (κ3) is 2.58. The van der Waals surface area contributed by atoms with Gasteiger partial charge in [0.15, 0.2) is 17.2 Å². The van der Waals surface area contributed by atoms with E-state index in [0.29, 0.717) is 0 Å². The highest BCUT2D eigenvalue weighted by molar-refractivity contribution is 14.1. The van der Waals surface area contributed by atoms with Gasteiger partial charge in [0.2, 0.25) is 0 Å². The van der Waals surface area contributed by atoms with Crippen molar-refractivity contribution in [1.29, 1.82) is 0 Å². The van der Waals surface area contributed by atoms with Gasteiger partial charge in [0.1, 0.15) is 11.5 Å². The second kappa shape index (κ2) is 5.70. The van der Waals surface area contributed by atoms with E-state index in [0.717, 1.165) is 3.57 Å². The summed E-state index contributed by atoms with van der Waals surface area (Å²) in [5.41, 5.74) is -0.665. The number of aromatic amines is 1. The number of aromatic nitrogens is 2. The number of hydrogen-bond donors (Lipinski definition) is 1. The van der Waals surface area contributed by atoms with Crippen LogP contribution in [0.5, 0.6) is 5.75 Å². The third-order valence-corrected chi connectivity index (χ3v) is 3.34. The highest BCUT2D eigenvalue weighted by atomic mass is 127. The molecule has 1 aromatic carbocycles. The van der Waals surface area contributed by atoms with E-state index >= 15 is 0 Å². The molecule has 0 fully saturated rings. The molecule has 7 heteroatoms. The number of nitrogens with one attached hydrogen (secondary N) is 1. The Hall–Kier alpha value is -1.77. The van der Waals surface area contributed by atoms with Gasteiger partial charge in [-0.05, 0) is 40.8 Å². The molecular formula is C13H10FIN2O3. The van der Waals surface area contributed by atoms with Crippen LogP contribution in [-0.2, 0) is 0 Å². The zero-order valence-corrected chi connectivity index (χ0v) is 12.8. The van der Waals surface area contributed by atoms with Crippen molar-refractivity contribution in [1.82, 2.24) is 10.2 Å². The summed E-state index contributed by atoms with van der Waals surface area (Å²) in [4.78, 5) is 23.3. The van der Waals surface area contributed by atoms with Crippen molar-refractivity contribution >= 4 is 28.4 Å². The Balaban J connectivity index is 2.72. The number of H-pyrrole nitrogens is 1. The van der Waals surface area contributed by atoms with E-state index in [9.17, 15) is 14.0 Å². The zero-order chi connectivity index (χ0) is 14.9. The average molecular weight is 388 g/mol. The molecule has 1 N–H and O–H groups in total. The standard InChI is InChI=1S/C13H10FIN2O3/c1-6(18)10-12(19)13(20-2)11(17-16-10)8-4-3-7(15)5-9(8)14/h3-5H,1-2H3,(H,17,19). The van der Waals surface area contributed by atoms with Crippen molar-refractivity contribution in [3.05, 3.63) is 43.5 Å². The predicted molar refractivity (Wildman–Crippen MR) is 79.5 cm³/mol. The smallest absolute Gasteiger partial charge is 0.253 e. The lowest BCUT2D eigenvalue weighted by molar-refractivity contribution is 0.101. The van der Waals surface area contributed by atoms with E-state index in [4.69, 9.17) is 4.74 Å². The largest absolute Gasteiger partial charge is 0.491 e. The van der Waals surface area contributed by atoms with Crippen molar-refractivity contribution in [3.8, 4) is 17.0 Å². The summed E-state index contributed by atoms with van der Waals surface area (Å²) >= 11 is 1.98. The maximum absolute atomic E-state index is 14.0. The molecule has 0 aliphatic heterocycles. The summed E-state index contributed by atoms with van der Waals surface area (Å²) in [6.45, 7) is 1.22. The first-order chi connectivity index (χ1) is 9.45. The Morgan fingerprint density at radius 3 is 2.70 bits per heavy atom. The van der Waals surface area contributed by atoms with Gasteiger partial charge in [-0.3, -0.25) is 14.7 Å². The minimum absolute atomic E-state index is 0.108. The van der Waals surface area contributed by atoms with Gasteiger partial charge in [0.25, 0.3) is 5.43 Å². The molecule has 5 nitrogen and oxygen atoms in total. The Bertz CT molecular complexity index is 743. The summed E-state index contributed by atoms with van der Waals surface area (Å²) in [5.74, 6) is -1.13. The van der Waals surface area contributed by atoms with Crippen LogP contribution in [0.15, 0.2) is 23.0 Å². The summed E-state index contributed by atoms with van der Waals surface area (Å²) in [5, 5.41) is 6.21. The second-order valence-electron chi connectivity index (χ2n) is 3.99. The molecule has 1 heterocycles. The van der Waals surface area contributed by atoms with Crippen LogP contribution in [0.4, 0.5) is 4.39 Å². The monoisotopic (exact) mass is 388 g/mol. The molecule has 2 rings (SSSR count). The molecule has 104 valence electrons. The van der Waals surface area contributed by atoms with Gasteiger partial charge in [-0.2, -0.15) is 5.10 Å². The number of rotatable bonds is 3. The number of nitrogens with zero attached hydrogens (tertiary/aromatic N) is 1. The zero-order valence-electron chi connectivity index (χ0n) is 10.7. The first-order valence-electron chi connectivity index (χ1n) is 5.58. The number of Topliss-reactive ketones (excluding diaryl/α,β-unsaturated/α-hetero) is 1. The fourth-order valence-corrected chi connectivity index (χ4v) is 2.20. The highest BCUT2D eigenvalue weighted by Gasteiger charge is 2.19. The lowest BCUT2D eigenvalue weighted by Crippen LogP contribution is -2.19. The Labute approximate surface area is 127 Å². The van der Waals surface area contributed by atoms with Gasteiger partial charge >= 0.3 is 0 Å². The molecule has 0 aliphatic rings. The minimum atomic E-state index is -0.660. The Morgan fingerprint density at radius 1 is 1.45 bits per heavy atom. The molecule has 1 aromatic heterocycles. The highest BCUT2D eigenvalue weighted by Crippen LogP contribution is 2.27. The third-order valence-electron chi connectivity index (χ3n) is 2.67. The van der Waals surface area contributed by atoms with Crippen molar-refractivity contribution in [2.24, 2.45) is 0 Å². The summed E-state index contributed by atoms with van der Waals surface area (Å²) in [6, 6.07) is 4.53. The number of carbonyl (C=O) groups excluding carboxylic acids is 1. The van der Waals surface area contributed by atoms with Crippen LogP contribution in [0.25, 0.3) is 11.3 Å². The maximum Gasteiger partial charge on any atom is 0.253 e. The van der Waals surface area contributed by atoms with Crippen LogP contribution < -0.4 is 10.2 Å². The Morgan fingerprint density at radius 2 is 2.15 bits per heavy atom. The first kappa shape index (κ1) is 14.6. The number of halogens is 2. The quantitative estimate of drug-likeness (QED) is 0.648. The number of ether oxygens (including phenoxy) is 1. The normalized spacial score (nSPS) is 10.4. The maximum atomic E-state index is 14.0. The summed E-state index contributed by atoms with van der Waals surface area (Å²) < 4.78 is 19.7. The summed E-state index contributed by atoms with van der Waals surface area (Å²) in [7, 11) is 1.28. The van der Waals surface area contributed by atoms with Crippen LogP contribution in [0.2, 0.25) is 0 Å². The number of methoxy groups -OCH3 is 1. The van der Waals surface area contributed by atoms with Gasteiger partial charge < -0.3 is 4.74 Å². The summed E-state index contributed by atoms with van der Waals surface area (Å²) in [6.07, 6.45) is 0. The van der Waals surface area contributed by atoms with Crippen LogP contribution in [0.3, 0.4) is 0 Å². The van der Waals surface area contributed by atoms with Gasteiger partial charge in [-0.1, -0.05) is 0 Å². The van der Waals surface area contributed by atoms with Gasteiger partial charge in [0, 0.05) is 16.1 Å². The van der Waals surface area contributed by atoms with Gasteiger partial charge in [0.05, 0.1) is 7.11 Å². The van der Waals surface area contributed by atoms with Gasteiger partial charge in [-0.25, -0.2) is 4.39 Å². The van der Waals surface area contributed by atoms with Crippen molar-refractivity contribution in [2.45, 2.75) is 6.92 Å². The van der Waals surface area contributed by atoms with E-state index in [1.165, 1.54) is 26.2 Å². The van der Waals surface area contributed by atoms with Crippen LogP contribution in [0, 0.1) is 9.39 Å². The molecule has 0 unspecified atom stereocenters. The van der Waals surface area contributed by atoms with Gasteiger partial charge in [-0.15, -0.1) is 0 Å². The molecule has 0 bridgehead atoms. The second-order valence-corrected chi connectivity index (χ2v) is 5.24. The van der Waals surface area contributed by atoms with Crippen LogP contribution >= 0.6 is 22.6 Å².